The minimum absolute atomic E-state index is 0.578. The van der Waals surface area contributed by atoms with E-state index in [-0.39, 0.29) is 0 Å². The molecule has 15 heavy (non-hydrogen) atoms. The van der Waals surface area contributed by atoms with Gasteiger partial charge in [-0.3, -0.25) is 0 Å². The van der Waals surface area contributed by atoms with E-state index in [0.29, 0.717) is 5.92 Å². The van der Waals surface area contributed by atoms with E-state index in [0.717, 1.165) is 32.6 Å². The van der Waals surface area contributed by atoms with Gasteiger partial charge in [0, 0.05) is 38.9 Å². The van der Waals surface area contributed by atoms with Gasteiger partial charge >= 0.3 is 0 Å². The molecule has 0 aliphatic carbocycles. The van der Waals surface area contributed by atoms with Crippen LogP contribution < -0.4 is 5.32 Å². The van der Waals surface area contributed by atoms with Crippen LogP contribution in [-0.4, -0.2) is 29.8 Å². The lowest BCUT2D eigenvalue weighted by molar-refractivity contribution is 0.0830. The third-order valence-corrected chi connectivity index (χ3v) is 3.06. The average molecular weight is 209 g/mol. The van der Waals surface area contributed by atoms with E-state index in [1.54, 1.807) is 0 Å². The molecule has 0 saturated carbocycles. The summed E-state index contributed by atoms with van der Waals surface area (Å²) >= 11 is 0. The quantitative estimate of drug-likeness (QED) is 0.808. The Morgan fingerprint density at radius 1 is 1.53 bits per heavy atom. The van der Waals surface area contributed by atoms with Crippen molar-refractivity contribution in [3.63, 3.8) is 0 Å². The summed E-state index contributed by atoms with van der Waals surface area (Å²) in [6, 6.07) is 0. The molecule has 84 valence electrons. The van der Waals surface area contributed by atoms with Crippen molar-refractivity contribution in [1.82, 2.24) is 14.9 Å². The van der Waals surface area contributed by atoms with E-state index >= 15 is 0 Å². The van der Waals surface area contributed by atoms with E-state index in [1.165, 1.54) is 11.5 Å². The van der Waals surface area contributed by atoms with E-state index < -0.39 is 0 Å². The molecule has 0 aromatic carbocycles. The summed E-state index contributed by atoms with van der Waals surface area (Å²) in [6.07, 6.45) is 4.18. The van der Waals surface area contributed by atoms with Gasteiger partial charge in [-0.25, -0.2) is 4.98 Å². The van der Waals surface area contributed by atoms with Gasteiger partial charge in [0.2, 0.25) is 0 Å². The predicted molar refractivity (Wildman–Crippen MR) is 58.8 cm³/mol. The van der Waals surface area contributed by atoms with Crippen molar-refractivity contribution in [2.24, 2.45) is 7.05 Å². The first-order chi connectivity index (χ1) is 7.33. The Hall–Kier alpha value is -0.870. The first-order valence-corrected chi connectivity index (χ1v) is 5.55. The molecule has 0 atom stereocenters. The monoisotopic (exact) mass is 209 g/mol. The Balaban J connectivity index is 2.13. The Morgan fingerprint density at radius 2 is 2.27 bits per heavy atom. The van der Waals surface area contributed by atoms with Crippen LogP contribution in [-0.2, 0) is 18.3 Å². The smallest absolute Gasteiger partial charge is 0.111 e. The summed E-state index contributed by atoms with van der Waals surface area (Å²) < 4.78 is 7.58. The van der Waals surface area contributed by atoms with Crippen molar-refractivity contribution in [2.75, 3.05) is 20.3 Å². The van der Waals surface area contributed by atoms with Gasteiger partial charge in [-0.2, -0.15) is 0 Å². The van der Waals surface area contributed by atoms with Crippen molar-refractivity contribution in [3.8, 4) is 0 Å². The van der Waals surface area contributed by atoms with Crippen molar-refractivity contribution < 1.29 is 4.74 Å². The summed E-state index contributed by atoms with van der Waals surface area (Å²) in [5.74, 6) is 1.79. The van der Waals surface area contributed by atoms with Crippen LogP contribution in [0.3, 0.4) is 0 Å². The first-order valence-electron chi connectivity index (χ1n) is 5.55. The van der Waals surface area contributed by atoms with Gasteiger partial charge in [-0.1, -0.05) is 0 Å². The molecule has 2 heterocycles. The average Bonchev–Trinajstić information content (AvgIpc) is 2.63. The highest BCUT2D eigenvalue weighted by Gasteiger charge is 2.20. The van der Waals surface area contributed by atoms with Crippen LogP contribution in [0, 0.1) is 0 Å². The highest BCUT2D eigenvalue weighted by Crippen LogP contribution is 2.25. The van der Waals surface area contributed by atoms with E-state index in [1.807, 2.05) is 13.2 Å². The predicted octanol–water partition coefficient (Wildman–Crippen LogP) is 1.03. The van der Waals surface area contributed by atoms with Crippen LogP contribution in [0.2, 0.25) is 0 Å². The van der Waals surface area contributed by atoms with E-state index in [2.05, 4.69) is 21.9 Å². The molecular weight excluding hydrogens is 190 g/mol. The lowest BCUT2D eigenvalue weighted by Crippen LogP contribution is -2.18. The molecule has 1 N–H and O–H groups in total. The Morgan fingerprint density at radius 3 is 2.93 bits per heavy atom. The van der Waals surface area contributed by atoms with Crippen LogP contribution in [0.15, 0.2) is 6.20 Å². The van der Waals surface area contributed by atoms with Gasteiger partial charge in [0.25, 0.3) is 0 Å². The number of nitrogens with one attached hydrogen (secondary N) is 1. The Labute approximate surface area is 90.6 Å². The molecule has 0 unspecified atom stereocenters. The molecule has 1 aromatic heterocycles. The number of aromatic nitrogens is 2. The summed E-state index contributed by atoms with van der Waals surface area (Å²) in [5.41, 5.74) is 1.25. The molecule has 1 aliphatic heterocycles. The summed E-state index contributed by atoms with van der Waals surface area (Å²) in [6.45, 7) is 2.63. The molecule has 4 nitrogen and oxygen atoms in total. The Bertz CT molecular complexity index is 316. The third-order valence-electron chi connectivity index (χ3n) is 3.06. The van der Waals surface area contributed by atoms with Gasteiger partial charge < -0.3 is 14.6 Å². The van der Waals surface area contributed by atoms with Crippen LogP contribution in [0.5, 0.6) is 0 Å². The highest BCUT2D eigenvalue weighted by molar-refractivity contribution is 5.09. The van der Waals surface area contributed by atoms with Gasteiger partial charge in [-0.05, 0) is 19.9 Å². The lowest BCUT2D eigenvalue weighted by atomic mass is 9.99. The van der Waals surface area contributed by atoms with Gasteiger partial charge in [0.1, 0.15) is 5.82 Å². The topological polar surface area (TPSA) is 39.1 Å². The van der Waals surface area contributed by atoms with Crippen molar-refractivity contribution in [2.45, 2.75) is 25.3 Å². The fourth-order valence-electron chi connectivity index (χ4n) is 2.14. The second kappa shape index (κ2) is 4.77. The van der Waals surface area contributed by atoms with E-state index in [9.17, 15) is 0 Å². The number of hydrogen-bond donors (Lipinski definition) is 1. The van der Waals surface area contributed by atoms with Crippen LogP contribution in [0.1, 0.15) is 30.3 Å². The molecule has 4 heteroatoms. The van der Waals surface area contributed by atoms with Crippen LogP contribution in [0.4, 0.5) is 0 Å². The van der Waals surface area contributed by atoms with Gasteiger partial charge in [0.05, 0.1) is 5.69 Å². The SMILES string of the molecule is CNCc1cnc(C2CCOCC2)n1C. The normalized spacial score (nSPS) is 18.3. The molecule has 1 fully saturated rings. The summed E-state index contributed by atoms with van der Waals surface area (Å²) in [5, 5.41) is 3.16. The van der Waals surface area contributed by atoms with Crippen molar-refractivity contribution in [3.05, 3.63) is 17.7 Å². The largest absolute Gasteiger partial charge is 0.381 e. The van der Waals surface area contributed by atoms with E-state index in [4.69, 9.17) is 4.74 Å². The lowest BCUT2D eigenvalue weighted by Gasteiger charge is -2.21. The number of rotatable bonds is 3. The third kappa shape index (κ3) is 2.21. The van der Waals surface area contributed by atoms with Crippen molar-refractivity contribution in [1.29, 1.82) is 0 Å². The number of hydrogen-bond acceptors (Lipinski definition) is 3. The minimum Gasteiger partial charge on any atom is -0.381 e. The second-order valence-corrected chi connectivity index (χ2v) is 4.08. The maximum absolute atomic E-state index is 5.37. The van der Waals surface area contributed by atoms with Crippen LogP contribution >= 0.6 is 0 Å². The molecule has 1 aliphatic rings. The second-order valence-electron chi connectivity index (χ2n) is 4.08. The van der Waals surface area contributed by atoms with Gasteiger partial charge in [-0.15, -0.1) is 0 Å². The Kier molecular flexibility index (Phi) is 3.38. The molecule has 1 saturated heterocycles. The zero-order chi connectivity index (χ0) is 10.7. The maximum atomic E-state index is 5.37. The fourth-order valence-corrected chi connectivity index (χ4v) is 2.14. The van der Waals surface area contributed by atoms with Gasteiger partial charge in [0.15, 0.2) is 0 Å². The first kappa shape index (κ1) is 10.6. The summed E-state index contributed by atoms with van der Waals surface area (Å²) in [7, 11) is 4.06. The molecular formula is C11H19N3O. The molecule has 0 amide bonds. The fraction of sp³-hybridized carbons (Fsp3) is 0.727. The zero-order valence-corrected chi connectivity index (χ0v) is 9.49. The van der Waals surface area contributed by atoms with Crippen molar-refractivity contribution >= 4 is 0 Å². The molecule has 0 bridgehead atoms. The number of nitrogens with zero attached hydrogens (tertiary/aromatic N) is 2. The summed E-state index contributed by atoms with van der Waals surface area (Å²) in [4.78, 5) is 4.53. The molecule has 0 radical (unpaired) electrons. The molecule has 0 spiro atoms. The number of ether oxygens (including phenoxy) is 1. The maximum Gasteiger partial charge on any atom is 0.111 e. The molecule has 2 rings (SSSR count). The zero-order valence-electron chi connectivity index (χ0n) is 9.49. The molecule has 1 aromatic rings. The standard InChI is InChI=1S/C11H19N3O/c1-12-7-10-8-13-11(14(10)2)9-3-5-15-6-4-9/h8-9,12H,3-7H2,1-2H3. The minimum atomic E-state index is 0.578. The highest BCUT2D eigenvalue weighted by atomic mass is 16.5. The number of imidazole rings is 1. The van der Waals surface area contributed by atoms with Crippen LogP contribution in [0.25, 0.3) is 0 Å².